The molecule has 2 saturated carbocycles. The molecule has 4 heteroatoms. The van der Waals surface area contributed by atoms with Crippen LogP contribution in [0.2, 0.25) is 0 Å². The van der Waals surface area contributed by atoms with E-state index in [-0.39, 0.29) is 7.92 Å². The molecule has 4 aromatic rings. The molecule has 0 radical (unpaired) electrons. The second-order valence-corrected chi connectivity index (χ2v) is 17.7. The van der Waals surface area contributed by atoms with Crippen molar-refractivity contribution >= 4 is 28.4 Å². The van der Waals surface area contributed by atoms with Gasteiger partial charge in [-0.05, 0) is 99.6 Å². The van der Waals surface area contributed by atoms with Crippen molar-refractivity contribution in [3.63, 3.8) is 0 Å². The minimum atomic E-state index is -0.141. The fourth-order valence-electron chi connectivity index (χ4n) is 7.91. The Morgan fingerprint density at radius 3 is 1.67 bits per heavy atom. The Morgan fingerprint density at radius 2 is 1.18 bits per heavy atom. The Hall–Kier alpha value is -1.94. The molecular weight excluding hydrogens is 727 g/mol. The van der Waals surface area contributed by atoms with E-state index in [0.29, 0.717) is 17.8 Å². The van der Waals surface area contributed by atoms with E-state index in [4.69, 9.17) is 5.73 Å². The summed E-state index contributed by atoms with van der Waals surface area (Å²) in [6.45, 7) is 14.3. The number of hydrogen-bond donors (Lipinski definition) is 1. The Morgan fingerprint density at radius 1 is 0.633 bits per heavy atom. The molecule has 266 valence electrons. The molecule has 0 amide bonds. The molecule has 2 aliphatic rings. The molecule has 0 heterocycles. The van der Waals surface area contributed by atoms with Gasteiger partial charge in [0.2, 0.25) is 0 Å². The van der Waals surface area contributed by atoms with Gasteiger partial charge in [0.05, 0.1) is 0 Å². The number of halogens is 1. The second-order valence-electron chi connectivity index (χ2n) is 14.9. The summed E-state index contributed by atoms with van der Waals surface area (Å²) in [5.74, 6) is 1.68. The zero-order valence-electron chi connectivity index (χ0n) is 30.8. The monoisotopic (exact) mass is 785 g/mol. The van der Waals surface area contributed by atoms with E-state index in [9.17, 15) is 0 Å². The molecular formula is C45H59ClNPPd. The van der Waals surface area contributed by atoms with E-state index in [1.54, 1.807) is 33.1 Å². The number of hydrogen-bond acceptors (Lipinski definition) is 1. The van der Waals surface area contributed by atoms with Crippen LogP contribution in [0.15, 0.2) is 84.9 Å². The van der Waals surface area contributed by atoms with Gasteiger partial charge in [-0.15, -0.1) is 35.9 Å². The molecule has 4 aromatic carbocycles. The number of nitrogen functional groups attached to an aromatic ring is 1. The number of para-hydroxylation sites is 1. The van der Waals surface area contributed by atoms with E-state index >= 15 is 0 Å². The van der Waals surface area contributed by atoms with Crippen LogP contribution in [-0.2, 0) is 18.2 Å². The van der Waals surface area contributed by atoms with Crippen LogP contribution in [-0.4, -0.2) is 11.3 Å². The molecule has 0 aromatic heterocycles. The number of anilines is 1. The number of rotatable bonds is 8. The van der Waals surface area contributed by atoms with Crippen molar-refractivity contribution in [2.75, 3.05) is 5.73 Å². The van der Waals surface area contributed by atoms with Gasteiger partial charge in [-0.3, -0.25) is 0 Å². The molecule has 0 aliphatic heterocycles. The van der Waals surface area contributed by atoms with Gasteiger partial charge in [0.25, 0.3) is 0 Å². The summed E-state index contributed by atoms with van der Waals surface area (Å²) in [6.07, 6.45) is 14.6. The molecule has 0 bridgehead atoms. The van der Waals surface area contributed by atoms with Crippen LogP contribution >= 0.6 is 17.5 Å². The minimum absolute atomic E-state index is 0.141. The van der Waals surface area contributed by atoms with Crippen molar-refractivity contribution in [2.24, 2.45) is 0 Å². The SMILES string of the molecule is CC(C)c1ccc(-c2c(C(C)C)cccc2C(C)C)c(P(C2CCCCC2)C2CCCCC2)c1.Nc1ccccc1-c1[c-]cccc1.[Cl][Pd+]. The van der Waals surface area contributed by atoms with Crippen LogP contribution in [0.5, 0.6) is 0 Å². The van der Waals surface area contributed by atoms with Gasteiger partial charge in [-0.2, -0.15) is 0 Å². The molecule has 2 N–H and O–H groups in total. The zero-order valence-corrected chi connectivity index (χ0v) is 34.0. The normalized spacial score (nSPS) is 15.6. The number of benzene rings is 4. The Kier molecular flexibility index (Phi) is 16.4. The van der Waals surface area contributed by atoms with E-state index in [1.165, 1.54) is 64.2 Å². The first-order valence-electron chi connectivity index (χ1n) is 18.7. The quantitative estimate of drug-likeness (QED) is 0.0819. The summed E-state index contributed by atoms with van der Waals surface area (Å²) >= 11 is 2.22. The van der Waals surface area contributed by atoms with Crippen molar-refractivity contribution in [1.82, 2.24) is 0 Å². The standard InChI is InChI=1S/C33H49P.C12H10N.ClH.Pd/c1-23(2)26-20-21-31(33-29(24(3)4)18-13-19-30(33)25(5)6)32(22-26)34(27-14-9-7-10-15-27)28-16-11-8-12-17-28;13-12-9-5-4-8-11(12)10-6-2-1-3-7-10;;/h13,18-25,27-28H,7-12,14-17H2,1-6H3;1-6,8-9H,13H2;1H;/q;-1;;+2/p-1. The maximum atomic E-state index is 5.83. The van der Waals surface area contributed by atoms with Crippen molar-refractivity contribution in [3.8, 4) is 22.3 Å². The molecule has 2 fully saturated rings. The summed E-state index contributed by atoms with van der Waals surface area (Å²) in [4.78, 5) is 0. The molecule has 1 nitrogen and oxygen atoms in total. The third-order valence-electron chi connectivity index (χ3n) is 10.5. The molecule has 6 rings (SSSR count). The Labute approximate surface area is 315 Å². The van der Waals surface area contributed by atoms with Gasteiger partial charge in [-0.25, -0.2) is 0 Å². The molecule has 0 atom stereocenters. The maximum absolute atomic E-state index is 5.83. The molecule has 0 saturated heterocycles. The van der Waals surface area contributed by atoms with Gasteiger partial charge < -0.3 is 5.73 Å². The first-order valence-corrected chi connectivity index (χ1v) is 22.2. The van der Waals surface area contributed by atoms with Crippen LogP contribution in [0.3, 0.4) is 0 Å². The van der Waals surface area contributed by atoms with E-state index in [2.05, 4.69) is 112 Å². The summed E-state index contributed by atoms with van der Waals surface area (Å²) in [7, 11) is 4.35. The molecule has 0 unspecified atom stereocenters. The van der Waals surface area contributed by atoms with Crippen molar-refractivity contribution < 1.29 is 18.2 Å². The fraction of sp³-hybridized carbons (Fsp3) is 0.467. The third kappa shape index (κ3) is 10.6. The van der Waals surface area contributed by atoms with Crippen LogP contribution in [0, 0.1) is 6.07 Å². The van der Waals surface area contributed by atoms with Crippen LogP contribution in [0.25, 0.3) is 22.3 Å². The van der Waals surface area contributed by atoms with Gasteiger partial charge in [0.1, 0.15) is 0 Å². The predicted octanol–water partition coefficient (Wildman–Crippen LogP) is 13.9. The summed E-state index contributed by atoms with van der Waals surface area (Å²) < 4.78 is 0. The van der Waals surface area contributed by atoms with E-state index < -0.39 is 0 Å². The van der Waals surface area contributed by atoms with Crippen LogP contribution in [0.1, 0.15) is 140 Å². The predicted molar refractivity (Wildman–Crippen MR) is 215 cm³/mol. The van der Waals surface area contributed by atoms with Gasteiger partial charge in [0.15, 0.2) is 0 Å². The van der Waals surface area contributed by atoms with Gasteiger partial charge in [0, 0.05) is 0 Å². The van der Waals surface area contributed by atoms with Crippen LogP contribution in [0.4, 0.5) is 5.69 Å². The molecule has 49 heavy (non-hydrogen) atoms. The van der Waals surface area contributed by atoms with Gasteiger partial charge >= 0.3 is 27.7 Å². The zero-order chi connectivity index (χ0) is 35.3. The third-order valence-corrected chi connectivity index (χ3v) is 14.0. The van der Waals surface area contributed by atoms with Crippen molar-refractivity contribution in [2.45, 2.75) is 135 Å². The Balaban J connectivity index is 0.000000299. The first kappa shape index (κ1) is 39.8. The van der Waals surface area contributed by atoms with Crippen molar-refractivity contribution in [1.29, 1.82) is 0 Å². The van der Waals surface area contributed by atoms with E-state index in [1.807, 2.05) is 48.5 Å². The Bertz CT molecular complexity index is 1510. The number of nitrogens with two attached hydrogens (primary N) is 1. The topological polar surface area (TPSA) is 26.0 Å². The van der Waals surface area contributed by atoms with Crippen molar-refractivity contribution in [3.05, 3.63) is 108 Å². The molecule has 2 aliphatic carbocycles. The average Bonchev–Trinajstić information content (AvgIpc) is 3.14. The van der Waals surface area contributed by atoms with Gasteiger partial charge in [-0.1, -0.05) is 148 Å². The summed E-state index contributed by atoms with van der Waals surface area (Å²) in [5, 5.41) is 1.77. The molecule has 0 spiro atoms. The first-order chi connectivity index (χ1) is 23.8. The fourth-order valence-corrected chi connectivity index (χ4v) is 11.9. The average molecular weight is 787 g/mol. The second kappa shape index (κ2) is 20.2. The van der Waals surface area contributed by atoms with Crippen LogP contribution < -0.4 is 11.0 Å². The van der Waals surface area contributed by atoms with E-state index in [0.717, 1.165) is 28.1 Å². The summed E-state index contributed by atoms with van der Waals surface area (Å²) in [5.41, 5.74) is 18.4. The summed E-state index contributed by atoms with van der Waals surface area (Å²) in [6, 6.07) is 33.6.